The Morgan fingerprint density at radius 1 is 1.05 bits per heavy atom. The van der Waals surface area contributed by atoms with Gasteiger partial charge >= 0.3 is 0 Å². The van der Waals surface area contributed by atoms with Crippen molar-refractivity contribution in [2.24, 2.45) is 5.73 Å². The van der Waals surface area contributed by atoms with Gasteiger partial charge in [0.2, 0.25) is 0 Å². The van der Waals surface area contributed by atoms with Crippen LogP contribution in [0.4, 0.5) is 4.39 Å². The second-order valence-corrected chi connectivity index (χ2v) is 4.63. The van der Waals surface area contributed by atoms with Crippen molar-refractivity contribution in [3.05, 3.63) is 64.4 Å². The van der Waals surface area contributed by atoms with Crippen LogP contribution in [0.5, 0.6) is 5.75 Å². The number of ether oxygens (including phenoxy) is 1. The molecular weight excluding hydrogens is 265 g/mol. The summed E-state index contributed by atoms with van der Waals surface area (Å²) in [5, 5.41) is 0.0958. The van der Waals surface area contributed by atoms with Crippen LogP contribution in [0.3, 0.4) is 0 Å². The molecule has 19 heavy (non-hydrogen) atoms. The minimum absolute atomic E-state index is 0.0958. The predicted octanol–water partition coefficient (Wildman–Crippen LogP) is 3.56. The Morgan fingerprint density at radius 3 is 2.37 bits per heavy atom. The van der Waals surface area contributed by atoms with E-state index in [1.165, 1.54) is 17.7 Å². The van der Waals surface area contributed by atoms with Crippen LogP contribution >= 0.6 is 11.6 Å². The van der Waals surface area contributed by atoms with E-state index in [0.717, 1.165) is 12.0 Å². The first-order valence-corrected chi connectivity index (χ1v) is 6.42. The average molecular weight is 280 g/mol. The molecule has 100 valence electrons. The lowest BCUT2D eigenvalue weighted by Gasteiger charge is -2.07. The lowest BCUT2D eigenvalue weighted by Crippen LogP contribution is -2.03. The quantitative estimate of drug-likeness (QED) is 0.908. The summed E-state index contributed by atoms with van der Waals surface area (Å²) in [7, 11) is 0. The van der Waals surface area contributed by atoms with Gasteiger partial charge in [-0.15, -0.1) is 0 Å². The smallest absolute Gasteiger partial charge is 0.145 e. The van der Waals surface area contributed by atoms with Crippen LogP contribution < -0.4 is 10.5 Å². The number of rotatable bonds is 5. The second-order valence-electron chi connectivity index (χ2n) is 4.22. The highest BCUT2D eigenvalue weighted by Gasteiger charge is 2.02. The molecule has 0 aliphatic heterocycles. The van der Waals surface area contributed by atoms with Crippen LogP contribution in [-0.4, -0.2) is 6.54 Å². The van der Waals surface area contributed by atoms with Gasteiger partial charge < -0.3 is 10.5 Å². The molecule has 4 heteroatoms. The van der Waals surface area contributed by atoms with Crippen LogP contribution in [-0.2, 0) is 13.0 Å². The molecule has 2 rings (SSSR count). The fraction of sp³-hybridized carbons (Fsp3) is 0.200. The van der Waals surface area contributed by atoms with E-state index >= 15 is 0 Å². The summed E-state index contributed by atoms with van der Waals surface area (Å²) in [6.45, 7) is 1.03. The van der Waals surface area contributed by atoms with Crippen LogP contribution in [0.25, 0.3) is 0 Å². The van der Waals surface area contributed by atoms with Gasteiger partial charge in [0.25, 0.3) is 0 Å². The number of nitrogens with two attached hydrogens (primary N) is 1. The van der Waals surface area contributed by atoms with Gasteiger partial charge in [0.15, 0.2) is 0 Å². The van der Waals surface area contributed by atoms with E-state index in [1.54, 1.807) is 6.07 Å². The number of hydrogen-bond donors (Lipinski definition) is 1. The summed E-state index contributed by atoms with van der Waals surface area (Å²) in [5.41, 5.74) is 7.71. The number of halogens is 2. The Hall–Kier alpha value is -1.58. The topological polar surface area (TPSA) is 35.2 Å². The summed E-state index contributed by atoms with van der Waals surface area (Å²) in [6, 6.07) is 12.4. The van der Waals surface area contributed by atoms with Gasteiger partial charge in [-0.05, 0) is 36.2 Å². The van der Waals surface area contributed by atoms with Gasteiger partial charge in [-0.2, -0.15) is 0 Å². The monoisotopic (exact) mass is 279 g/mol. The van der Waals surface area contributed by atoms with Crippen molar-refractivity contribution in [3.8, 4) is 5.75 Å². The van der Waals surface area contributed by atoms with Crippen molar-refractivity contribution in [3.63, 3.8) is 0 Å². The van der Waals surface area contributed by atoms with Crippen molar-refractivity contribution >= 4 is 11.6 Å². The van der Waals surface area contributed by atoms with E-state index in [2.05, 4.69) is 0 Å². The summed E-state index contributed by atoms with van der Waals surface area (Å²) in [5.74, 6) is -0.00889. The van der Waals surface area contributed by atoms with Crippen LogP contribution in [0.2, 0.25) is 5.02 Å². The zero-order valence-corrected chi connectivity index (χ0v) is 11.2. The molecule has 2 nitrogen and oxygen atoms in total. The normalized spacial score (nSPS) is 10.5. The maximum atomic E-state index is 13.2. The molecule has 2 aromatic carbocycles. The first kappa shape index (κ1) is 13.8. The molecule has 0 saturated heterocycles. The molecule has 0 amide bonds. The lowest BCUT2D eigenvalue weighted by molar-refractivity contribution is 0.304. The highest BCUT2D eigenvalue weighted by atomic mass is 35.5. The second kappa shape index (κ2) is 6.55. The molecule has 0 radical (unpaired) electrons. The van der Waals surface area contributed by atoms with Gasteiger partial charge in [-0.25, -0.2) is 4.39 Å². The highest BCUT2D eigenvalue weighted by Crippen LogP contribution is 2.21. The molecule has 0 fully saturated rings. The van der Waals surface area contributed by atoms with Gasteiger partial charge in [-0.3, -0.25) is 0 Å². The molecular formula is C15H15ClFNO. The summed E-state index contributed by atoms with van der Waals surface area (Å²) >= 11 is 5.60. The average Bonchev–Trinajstić information content (AvgIpc) is 2.42. The largest absolute Gasteiger partial charge is 0.489 e. The van der Waals surface area contributed by atoms with Crippen molar-refractivity contribution in [1.29, 1.82) is 0 Å². The number of hydrogen-bond acceptors (Lipinski definition) is 2. The number of benzene rings is 2. The fourth-order valence-electron chi connectivity index (χ4n) is 1.70. The van der Waals surface area contributed by atoms with Crippen molar-refractivity contribution < 1.29 is 9.13 Å². The Bertz CT molecular complexity index is 542. The van der Waals surface area contributed by atoms with E-state index in [1.807, 2.05) is 24.3 Å². The van der Waals surface area contributed by atoms with E-state index in [9.17, 15) is 4.39 Å². The van der Waals surface area contributed by atoms with Crippen LogP contribution in [0.15, 0.2) is 42.5 Å². The van der Waals surface area contributed by atoms with E-state index in [-0.39, 0.29) is 5.02 Å². The molecule has 0 aliphatic rings. The predicted molar refractivity (Wildman–Crippen MR) is 74.9 cm³/mol. The molecule has 0 aromatic heterocycles. The molecule has 0 bridgehead atoms. The van der Waals surface area contributed by atoms with Gasteiger partial charge in [0.05, 0.1) is 5.02 Å². The highest BCUT2D eigenvalue weighted by molar-refractivity contribution is 6.30. The molecule has 0 spiro atoms. The summed E-state index contributed by atoms with van der Waals surface area (Å²) in [4.78, 5) is 0. The summed E-state index contributed by atoms with van der Waals surface area (Å²) < 4.78 is 18.7. The molecule has 0 aliphatic carbocycles. The zero-order chi connectivity index (χ0) is 13.7. The van der Waals surface area contributed by atoms with Gasteiger partial charge in [-0.1, -0.05) is 35.9 Å². The maximum Gasteiger partial charge on any atom is 0.145 e. The Kier molecular flexibility index (Phi) is 4.77. The van der Waals surface area contributed by atoms with Crippen molar-refractivity contribution in [2.45, 2.75) is 13.0 Å². The minimum Gasteiger partial charge on any atom is -0.489 e. The Morgan fingerprint density at radius 2 is 1.74 bits per heavy atom. The van der Waals surface area contributed by atoms with E-state index < -0.39 is 5.82 Å². The third-order valence-corrected chi connectivity index (χ3v) is 3.06. The van der Waals surface area contributed by atoms with Crippen LogP contribution in [0.1, 0.15) is 11.1 Å². The summed E-state index contributed by atoms with van der Waals surface area (Å²) in [6.07, 6.45) is 0.865. The zero-order valence-electron chi connectivity index (χ0n) is 10.4. The maximum absolute atomic E-state index is 13.2. The Balaban J connectivity index is 1.96. The van der Waals surface area contributed by atoms with Crippen molar-refractivity contribution in [2.75, 3.05) is 6.54 Å². The third kappa shape index (κ3) is 3.94. The van der Waals surface area contributed by atoms with E-state index in [4.69, 9.17) is 22.1 Å². The molecule has 2 N–H and O–H groups in total. The molecule has 0 heterocycles. The fourth-order valence-corrected chi connectivity index (χ4v) is 1.82. The lowest BCUT2D eigenvalue weighted by atomic mass is 10.1. The van der Waals surface area contributed by atoms with Crippen LogP contribution in [0, 0.1) is 5.82 Å². The molecule has 0 atom stereocenters. The third-order valence-electron chi connectivity index (χ3n) is 2.75. The molecule has 2 aromatic rings. The first-order valence-electron chi connectivity index (χ1n) is 6.05. The SMILES string of the molecule is NCCc1ccc(COc2ccc(Cl)c(F)c2)cc1. The Labute approximate surface area is 117 Å². The van der Waals surface area contributed by atoms with Gasteiger partial charge in [0, 0.05) is 6.07 Å². The molecule has 0 unspecified atom stereocenters. The standard InChI is InChI=1S/C15H15ClFNO/c16-14-6-5-13(9-15(14)17)19-10-12-3-1-11(2-4-12)7-8-18/h1-6,9H,7-8,10,18H2. The van der Waals surface area contributed by atoms with Gasteiger partial charge in [0.1, 0.15) is 18.2 Å². The minimum atomic E-state index is -0.475. The van der Waals surface area contributed by atoms with E-state index in [0.29, 0.717) is 18.9 Å². The molecule has 0 saturated carbocycles. The van der Waals surface area contributed by atoms with Crippen molar-refractivity contribution in [1.82, 2.24) is 0 Å². The first-order chi connectivity index (χ1) is 9.19.